The number of rotatable bonds is 2. The van der Waals surface area contributed by atoms with Crippen LogP contribution >= 0.6 is 0 Å². The van der Waals surface area contributed by atoms with E-state index in [1.165, 1.54) is 12.1 Å². The van der Waals surface area contributed by atoms with Gasteiger partial charge in [0.15, 0.2) is 17.6 Å². The SMILES string of the molecule is Cc1c(-[n+]2ccccc2C)cc(C(F)(F)F)cc1-[n+]1c(C)ccc2ccccc21. The molecular formula is C24H21F3N2+2. The topological polar surface area (TPSA) is 7.76 Å². The van der Waals surface area contributed by atoms with E-state index in [0.29, 0.717) is 11.4 Å². The molecule has 0 aliphatic rings. The van der Waals surface area contributed by atoms with E-state index in [4.69, 9.17) is 0 Å². The van der Waals surface area contributed by atoms with Gasteiger partial charge in [0.25, 0.3) is 0 Å². The van der Waals surface area contributed by atoms with Crippen LogP contribution in [0.4, 0.5) is 13.2 Å². The summed E-state index contributed by atoms with van der Waals surface area (Å²) >= 11 is 0. The van der Waals surface area contributed by atoms with Gasteiger partial charge < -0.3 is 0 Å². The summed E-state index contributed by atoms with van der Waals surface area (Å²) in [6.07, 6.45) is -2.65. The maximum atomic E-state index is 13.8. The zero-order chi connectivity index (χ0) is 20.8. The van der Waals surface area contributed by atoms with Crippen LogP contribution in [0.5, 0.6) is 0 Å². The van der Waals surface area contributed by atoms with Gasteiger partial charge in [-0.05, 0) is 19.1 Å². The van der Waals surface area contributed by atoms with Crippen LogP contribution < -0.4 is 9.13 Å². The molecule has 0 bridgehead atoms. The van der Waals surface area contributed by atoms with Crippen molar-refractivity contribution in [2.45, 2.75) is 26.9 Å². The number of aryl methyl sites for hydroxylation is 2. The predicted molar refractivity (Wildman–Crippen MR) is 106 cm³/mol. The fourth-order valence-electron chi connectivity index (χ4n) is 3.76. The standard InChI is InChI=1S/C24H21F3N2/c1-16-8-6-7-13-28(16)22-14-20(24(25,26)27)15-23(18(22)3)29-17(2)11-12-19-9-4-5-10-21(19)29/h4-15H,1-3H3/q+2. The number of nitrogens with zero attached hydrogens (tertiary/aromatic N) is 2. The Labute approximate surface area is 167 Å². The summed E-state index contributed by atoms with van der Waals surface area (Å²) in [5.74, 6) is 0. The van der Waals surface area contributed by atoms with Gasteiger partial charge in [-0.2, -0.15) is 22.3 Å². The molecule has 0 radical (unpaired) electrons. The number of hydrogen-bond acceptors (Lipinski definition) is 0. The van der Waals surface area contributed by atoms with Crippen LogP contribution in [0.1, 0.15) is 22.5 Å². The number of benzene rings is 2. The molecule has 0 N–H and O–H groups in total. The molecule has 0 saturated heterocycles. The third-order valence-corrected chi connectivity index (χ3v) is 5.28. The summed E-state index contributed by atoms with van der Waals surface area (Å²) in [5.41, 5.74) is 3.76. The third kappa shape index (κ3) is 3.37. The van der Waals surface area contributed by atoms with Crippen molar-refractivity contribution in [3.05, 3.63) is 95.4 Å². The zero-order valence-electron chi connectivity index (χ0n) is 16.5. The lowest BCUT2D eigenvalue weighted by Gasteiger charge is -2.13. The molecule has 0 saturated carbocycles. The molecule has 2 heterocycles. The zero-order valence-corrected chi connectivity index (χ0v) is 16.5. The molecule has 0 fully saturated rings. The minimum absolute atomic E-state index is 0.521. The molecule has 5 heteroatoms. The van der Waals surface area contributed by atoms with Gasteiger partial charge in [-0.1, -0.05) is 18.2 Å². The highest BCUT2D eigenvalue weighted by Crippen LogP contribution is 2.33. The van der Waals surface area contributed by atoms with Crippen molar-refractivity contribution in [2.75, 3.05) is 0 Å². The predicted octanol–water partition coefficient (Wildman–Crippen LogP) is 5.34. The van der Waals surface area contributed by atoms with E-state index in [-0.39, 0.29) is 0 Å². The first-order valence-corrected chi connectivity index (χ1v) is 9.37. The molecule has 0 aliphatic carbocycles. The summed E-state index contributed by atoms with van der Waals surface area (Å²) in [6.45, 7) is 5.67. The van der Waals surface area contributed by atoms with Crippen LogP contribution in [0.2, 0.25) is 0 Å². The second-order valence-corrected chi connectivity index (χ2v) is 7.22. The van der Waals surface area contributed by atoms with Crippen LogP contribution in [0.15, 0.2) is 72.9 Å². The van der Waals surface area contributed by atoms with Gasteiger partial charge in [0.05, 0.1) is 11.1 Å². The van der Waals surface area contributed by atoms with E-state index >= 15 is 0 Å². The summed E-state index contributed by atoms with van der Waals surface area (Å²) in [5, 5.41) is 0.972. The van der Waals surface area contributed by atoms with E-state index in [1.54, 1.807) is 10.8 Å². The maximum absolute atomic E-state index is 13.8. The molecule has 4 aromatic rings. The molecular weight excluding hydrogens is 373 g/mol. The van der Waals surface area contributed by atoms with Crippen LogP contribution in [-0.2, 0) is 6.18 Å². The third-order valence-electron chi connectivity index (χ3n) is 5.28. The number of fused-ring (bicyclic) bond motifs is 1. The molecule has 2 nitrogen and oxygen atoms in total. The minimum Gasteiger partial charge on any atom is -0.166 e. The molecule has 29 heavy (non-hydrogen) atoms. The van der Waals surface area contributed by atoms with E-state index in [1.807, 2.05) is 79.9 Å². The Morgan fingerprint density at radius 3 is 2.14 bits per heavy atom. The molecule has 0 aliphatic heterocycles. The van der Waals surface area contributed by atoms with Crippen LogP contribution in [0.25, 0.3) is 22.3 Å². The van der Waals surface area contributed by atoms with Gasteiger partial charge in [0.1, 0.15) is 0 Å². The summed E-state index contributed by atoms with van der Waals surface area (Å²) < 4.78 is 45.1. The maximum Gasteiger partial charge on any atom is 0.416 e. The van der Waals surface area contributed by atoms with Crippen molar-refractivity contribution in [1.29, 1.82) is 0 Å². The first-order valence-electron chi connectivity index (χ1n) is 9.37. The number of para-hydroxylation sites is 1. The Morgan fingerprint density at radius 2 is 1.41 bits per heavy atom. The Bertz CT molecular complexity index is 1230. The van der Waals surface area contributed by atoms with Crippen molar-refractivity contribution in [2.24, 2.45) is 0 Å². The first-order chi connectivity index (χ1) is 13.8. The normalized spacial score (nSPS) is 11.8. The molecule has 2 aromatic heterocycles. The second kappa shape index (κ2) is 6.99. The summed E-state index contributed by atoms with van der Waals surface area (Å²) in [7, 11) is 0. The lowest BCUT2D eigenvalue weighted by Crippen LogP contribution is -2.40. The fourth-order valence-corrected chi connectivity index (χ4v) is 3.76. The number of halogens is 3. The van der Waals surface area contributed by atoms with Crippen molar-refractivity contribution >= 4 is 10.9 Å². The van der Waals surface area contributed by atoms with Crippen LogP contribution in [0.3, 0.4) is 0 Å². The number of alkyl halides is 3. The average Bonchev–Trinajstić information content (AvgIpc) is 2.68. The van der Waals surface area contributed by atoms with E-state index in [9.17, 15) is 13.2 Å². The van der Waals surface area contributed by atoms with Crippen LogP contribution in [0, 0.1) is 20.8 Å². The monoisotopic (exact) mass is 394 g/mol. The molecule has 0 amide bonds. The smallest absolute Gasteiger partial charge is 0.166 e. The second-order valence-electron chi connectivity index (χ2n) is 7.22. The van der Waals surface area contributed by atoms with Crippen molar-refractivity contribution in [3.8, 4) is 11.4 Å². The largest absolute Gasteiger partial charge is 0.416 e. The van der Waals surface area contributed by atoms with E-state index in [2.05, 4.69) is 0 Å². The number of hydrogen-bond donors (Lipinski definition) is 0. The Kier molecular flexibility index (Phi) is 4.61. The van der Waals surface area contributed by atoms with Crippen molar-refractivity contribution < 1.29 is 22.3 Å². The highest BCUT2D eigenvalue weighted by Gasteiger charge is 2.36. The quantitative estimate of drug-likeness (QED) is 0.406. The molecule has 0 spiro atoms. The Morgan fingerprint density at radius 1 is 0.724 bits per heavy atom. The molecule has 146 valence electrons. The van der Waals surface area contributed by atoms with Gasteiger partial charge in [0, 0.05) is 55.6 Å². The first kappa shape index (κ1) is 19.1. The molecule has 0 unspecified atom stereocenters. The lowest BCUT2D eigenvalue weighted by atomic mass is 10.0. The fraction of sp³-hybridized carbons (Fsp3) is 0.167. The average molecular weight is 394 g/mol. The highest BCUT2D eigenvalue weighted by atomic mass is 19.4. The molecule has 0 atom stereocenters. The van der Waals surface area contributed by atoms with Gasteiger partial charge in [0.2, 0.25) is 16.9 Å². The number of aromatic nitrogens is 2. The van der Waals surface area contributed by atoms with Crippen molar-refractivity contribution in [3.63, 3.8) is 0 Å². The van der Waals surface area contributed by atoms with E-state index < -0.39 is 11.7 Å². The van der Waals surface area contributed by atoms with Gasteiger partial charge in [-0.15, -0.1) is 0 Å². The highest BCUT2D eigenvalue weighted by molar-refractivity contribution is 5.76. The summed E-state index contributed by atoms with van der Waals surface area (Å²) in [4.78, 5) is 0. The molecule has 2 aromatic carbocycles. The Balaban J connectivity index is 2.12. The van der Waals surface area contributed by atoms with Gasteiger partial charge in [-0.3, -0.25) is 0 Å². The van der Waals surface area contributed by atoms with Gasteiger partial charge in [-0.25, -0.2) is 0 Å². The number of pyridine rings is 2. The molecule has 4 rings (SSSR count). The van der Waals surface area contributed by atoms with Crippen molar-refractivity contribution in [1.82, 2.24) is 0 Å². The lowest BCUT2D eigenvalue weighted by molar-refractivity contribution is -0.605. The van der Waals surface area contributed by atoms with E-state index in [0.717, 1.165) is 27.9 Å². The summed E-state index contributed by atoms with van der Waals surface area (Å²) in [6, 6.07) is 19.7. The minimum atomic E-state index is -4.44. The van der Waals surface area contributed by atoms with Crippen LogP contribution in [-0.4, -0.2) is 0 Å². The Hall–Kier alpha value is -3.21. The van der Waals surface area contributed by atoms with Gasteiger partial charge >= 0.3 is 6.18 Å².